The number of carboxylic acids is 1. The number of aliphatic carboxylic acids is 1. The molecule has 0 radical (unpaired) electrons. The topological polar surface area (TPSA) is 81.4 Å². The number of nitriles is 1. The Labute approximate surface area is 119 Å². The SMILES string of the molecule is CN(C(=O)CCC(=O)O)C(C#N)c1ccc(Br)cc1. The molecule has 1 unspecified atom stereocenters. The molecule has 6 heteroatoms. The third-order valence-electron chi connectivity index (χ3n) is 2.64. The van der Waals surface area contributed by atoms with Gasteiger partial charge >= 0.3 is 5.97 Å². The minimum atomic E-state index is -1.03. The molecule has 0 saturated heterocycles. The van der Waals surface area contributed by atoms with E-state index in [1.807, 2.05) is 6.07 Å². The number of carbonyl (C=O) groups is 2. The zero-order valence-electron chi connectivity index (χ0n) is 10.3. The zero-order chi connectivity index (χ0) is 14.4. The molecular weight excluding hydrogens is 312 g/mol. The maximum Gasteiger partial charge on any atom is 0.303 e. The average Bonchev–Trinajstić information content (AvgIpc) is 2.38. The summed E-state index contributed by atoms with van der Waals surface area (Å²) < 4.78 is 0.882. The van der Waals surface area contributed by atoms with E-state index in [9.17, 15) is 14.9 Å². The molecule has 1 amide bonds. The van der Waals surface area contributed by atoms with Gasteiger partial charge in [0.15, 0.2) is 0 Å². The third kappa shape index (κ3) is 4.38. The Morgan fingerprint density at radius 1 is 1.37 bits per heavy atom. The fourth-order valence-corrected chi connectivity index (χ4v) is 1.83. The summed E-state index contributed by atoms with van der Waals surface area (Å²) in [4.78, 5) is 23.5. The van der Waals surface area contributed by atoms with Crippen LogP contribution in [0.15, 0.2) is 28.7 Å². The van der Waals surface area contributed by atoms with Gasteiger partial charge in [0.25, 0.3) is 0 Å². The molecule has 1 aromatic carbocycles. The van der Waals surface area contributed by atoms with E-state index in [0.29, 0.717) is 5.56 Å². The normalized spacial score (nSPS) is 11.4. The number of halogens is 1. The highest BCUT2D eigenvalue weighted by molar-refractivity contribution is 9.10. The van der Waals surface area contributed by atoms with E-state index in [0.717, 1.165) is 4.47 Å². The van der Waals surface area contributed by atoms with Crippen molar-refractivity contribution in [1.29, 1.82) is 5.26 Å². The van der Waals surface area contributed by atoms with E-state index in [2.05, 4.69) is 15.9 Å². The zero-order valence-corrected chi connectivity index (χ0v) is 11.9. The number of hydrogen-bond acceptors (Lipinski definition) is 3. The Morgan fingerprint density at radius 2 is 1.95 bits per heavy atom. The molecule has 0 aromatic heterocycles. The van der Waals surface area contributed by atoms with E-state index in [-0.39, 0.29) is 18.7 Å². The smallest absolute Gasteiger partial charge is 0.303 e. The molecule has 1 atom stereocenters. The molecule has 1 aromatic rings. The van der Waals surface area contributed by atoms with E-state index in [1.54, 1.807) is 24.3 Å². The monoisotopic (exact) mass is 324 g/mol. The fraction of sp³-hybridized carbons (Fsp3) is 0.308. The summed E-state index contributed by atoms with van der Waals surface area (Å²) in [6.07, 6.45) is -0.345. The van der Waals surface area contributed by atoms with Gasteiger partial charge in [0, 0.05) is 17.9 Å². The maximum absolute atomic E-state index is 11.8. The molecule has 1 N–H and O–H groups in total. The number of nitrogens with zero attached hydrogens (tertiary/aromatic N) is 2. The third-order valence-corrected chi connectivity index (χ3v) is 3.17. The Kier molecular flexibility index (Phi) is 5.52. The van der Waals surface area contributed by atoms with Crippen LogP contribution in [0.1, 0.15) is 24.4 Å². The molecule has 0 spiro atoms. The van der Waals surface area contributed by atoms with Gasteiger partial charge in [-0.2, -0.15) is 5.26 Å². The van der Waals surface area contributed by atoms with Gasteiger partial charge in [-0.05, 0) is 17.7 Å². The highest BCUT2D eigenvalue weighted by atomic mass is 79.9. The first kappa shape index (κ1) is 15.2. The number of carboxylic acid groups (broad SMARTS) is 1. The lowest BCUT2D eigenvalue weighted by Crippen LogP contribution is -2.30. The first-order valence-electron chi connectivity index (χ1n) is 5.58. The second-order valence-corrected chi connectivity index (χ2v) is 4.90. The molecule has 1 rings (SSSR count). The first-order valence-corrected chi connectivity index (χ1v) is 6.37. The van der Waals surface area contributed by atoms with Gasteiger partial charge in [-0.3, -0.25) is 9.59 Å². The summed E-state index contributed by atoms with van der Waals surface area (Å²) in [5.41, 5.74) is 0.692. The van der Waals surface area contributed by atoms with Gasteiger partial charge in [-0.15, -0.1) is 0 Å². The van der Waals surface area contributed by atoms with Gasteiger partial charge in [0.2, 0.25) is 5.91 Å². The van der Waals surface area contributed by atoms with Gasteiger partial charge in [-0.25, -0.2) is 0 Å². The molecule has 0 saturated carbocycles. The van der Waals surface area contributed by atoms with Crippen LogP contribution in [0.5, 0.6) is 0 Å². The van der Waals surface area contributed by atoms with Crippen LogP contribution >= 0.6 is 15.9 Å². The van der Waals surface area contributed by atoms with Crippen molar-refractivity contribution in [2.24, 2.45) is 0 Å². The van der Waals surface area contributed by atoms with E-state index in [4.69, 9.17) is 5.11 Å². The minimum Gasteiger partial charge on any atom is -0.481 e. The highest BCUT2D eigenvalue weighted by Gasteiger charge is 2.21. The van der Waals surface area contributed by atoms with Crippen molar-refractivity contribution in [3.05, 3.63) is 34.3 Å². The largest absolute Gasteiger partial charge is 0.481 e. The quantitative estimate of drug-likeness (QED) is 0.901. The van der Waals surface area contributed by atoms with E-state index < -0.39 is 12.0 Å². The predicted octanol–water partition coefficient (Wildman–Crippen LogP) is 2.34. The van der Waals surface area contributed by atoms with Gasteiger partial charge in [0.05, 0.1) is 12.5 Å². The summed E-state index contributed by atoms with van der Waals surface area (Å²) in [7, 11) is 1.50. The summed E-state index contributed by atoms with van der Waals surface area (Å²) in [6.45, 7) is 0. The summed E-state index contributed by atoms with van der Waals surface area (Å²) in [5, 5.41) is 17.7. The lowest BCUT2D eigenvalue weighted by molar-refractivity contribution is -0.140. The molecule has 5 nitrogen and oxygen atoms in total. The van der Waals surface area contributed by atoms with Crippen LogP contribution in [-0.4, -0.2) is 28.9 Å². The van der Waals surface area contributed by atoms with Gasteiger partial charge in [-0.1, -0.05) is 28.1 Å². The number of carbonyl (C=O) groups excluding carboxylic acids is 1. The van der Waals surface area contributed by atoms with Crippen molar-refractivity contribution < 1.29 is 14.7 Å². The van der Waals surface area contributed by atoms with Gasteiger partial charge < -0.3 is 10.0 Å². The molecule has 0 aliphatic carbocycles. The fourth-order valence-electron chi connectivity index (χ4n) is 1.56. The number of hydrogen-bond donors (Lipinski definition) is 1. The van der Waals surface area contributed by atoms with Crippen LogP contribution in [0.3, 0.4) is 0 Å². The van der Waals surface area contributed by atoms with Crippen LogP contribution in [0.25, 0.3) is 0 Å². The Balaban J connectivity index is 2.79. The van der Waals surface area contributed by atoms with Crippen molar-refractivity contribution in [2.45, 2.75) is 18.9 Å². The Hall–Kier alpha value is -1.87. The second kappa shape index (κ2) is 6.90. The minimum absolute atomic E-state index is 0.111. The standard InChI is InChI=1S/C13H13BrN2O3/c1-16(12(17)6-7-13(18)19)11(8-15)9-2-4-10(14)5-3-9/h2-5,11H,6-7H2,1H3,(H,18,19). The molecular formula is C13H13BrN2O3. The van der Waals surface area contributed by atoms with Crippen molar-refractivity contribution in [3.8, 4) is 6.07 Å². The molecule has 0 aliphatic rings. The Morgan fingerprint density at radius 3 is 2.42 bits per heavy atom. The van der Waals surface area contributed by atoms with Crippen LogP contribution in [0.4, 0.5) is 0 Å². The van der Waals surface area contributed by atoms with Crippen LogP contribution in [0, 0.1) is 11.3 Å². The second-order valence-electron chi connectivity index (χ2n) is 3.98. The molecule has 100 valence electrons. The molecule has 19 heavy (non-hydrogen) atoms. The summed E-state index contributed by atoms with van der Waals surface area (Å²) in [6, 6.07) is 8.41. The molecule has 0 bridgehead atoms. The molecule has 0 heterocycles. The van der Waals surface area contributed by atoms with E-state index in [1.165, 1.54) is 11.9 Å². The first-order chi connectivity index (χ1) is 8.95. The van der Waals surface area contributed by atoms with Crippen molar-refractivity contribution in [3.63, 3.8) is 0 Å². The van der Waals surface area contributed by atoms with Crippen LogP contribution < -0.4 is 0 Å². The average molecular weight is 325 g/mol. The van der Waals surface area contributed by atoms with Crippen LogP contribution in [-0.2, 0) is 9.59 Å². The number of amides is 1. The summed E-state index contributed by atoms with van der Waals surface area (Å²) >= 11 is 3.29. The van der Waals surface area contributed by atoms with E-state index >= 15 is 0 Å². The molecule has 0 fully saturated rings. The van der Waals surface area contributed by atoms with Crippen molar-refractivity contribution >= 4 is 27.8 Å². The van der Waals surface area contributed by atoms with Crippen LogP contribution in [0.2, 0.25) is 0 Å². The lowest BCUT2D eigenvalue weighted by atomic mass is 10.1. The van der Waals surface area contributed by atoms with Crippen molar-refractivity contribution in [2.75, 3.05) is 7.05 Å². The summed E-state index contributed by atoms with van der Waals surface area (Å²) in [5.74, 6) is -1.39. The highest BCUT2D eigenvalue weighted by Crippen LogP contribution is 2.21. The number of rotatable bonds is 5. The maximum atomic E-state index is 11.8. The van der Waals surface area contributed by atoms with Crippen molar-refractivity contribution in [1.82, 2.24) is 4.90 Å². The van der Waals surface area contributed by atoms with Gasteiger partial charge in [0.1, 0.15) is 6.04 Å². The predicted molar refractivity (Wildman–Crippen MR) is 72.1 cm³/mol. The lowest BCUT2D eigenvalue weighted by Gasteiger charge is -2.23. The molecule has 0 aliphatic heterocycles. The Bertz CT molecular complexity index is 508. The number of benzene rings is 1.